The Morgan fingerprint density at radius 1 is 1.33 bits per heavy atom. The minimum atomic E-state index is -0.206. The van der Waals surface area contributed by atoms with Gasteiger partial charge in [-0.2, -0.15) is 0 Å². The van der Waals surface area contributed by atoms with Gasteiger partial charge in [0.1, 0.15) is 11.4 Å². The van der Waals surface area contributed by atoms with Crippen molar-refractivity contribution in [3.63, 3.8) is 0 Å². The predicted molar refractivity (Wildman–Crippen MR) is 58.1 cm³/mol. The van der Waals surface area contributed by atoms with Crippen LogP contribution in [0, 0.1) is 0 Å². The zero-order valence-electron chi connectivity index (χ0n) is 8.94. The highest BCUT2D eigenvalue weighted by molar-refractivity contribution is 5.40. The van der Waals surface area contributed by atoms with Crippen molar-refractivity contribution in [2.45, 2.75) is 43.8 Å². The number of fused-ring (bicyclic) bond motifs is 4. The van der Waals surface area contributed by atoms with Crippen LogP contribution in [0.15, 0.2) is 24.3 Å². The van der Waals surface area contributed by atoms with Crippen molar-refractivity contribution in [2.75, 3.05) is 0 Å². The van der Waals surface area contributed by atoms with Crippen LogP contribution in [0.3, 0.4) is 0 Å². The quantitative estimate of drug-likeness (QED) is 0.703. The van der Waals surface area contributed by atoms with Crippen molar-refractivity contribution in [2.24, 2.45) is 0 Å². The number of hydrogen-bond donors (Lipinski definition) is 1. The highest BCUT2D eigenvalue weighted by atomic mass is 16.5. The molecule has 2 nitrogen and oxygen atoms in total. The van der Waals surface area contributed by atoms with E-state index in [0.717, 1.165) is 25.0 Å². The molecule has 0 spiro atoms. The minimum absolute atomic E-state index is 0.156. The molecule has 3 atom stereocenters. The summed E-state index contributed by atoms with van der Waals surface area (Å²) in [5.74, 6) is 1.49. The van der Waals surface area contributed by atoms with Gasteiger partial charge in [-0.3, -0.25) is 0 Å². The van der Waals surface area contributed by atoms with E-state index in [4.69, 9.17) is 4.74 Å². The first-order valence-corrected chi connectivity index (χ1v) is 5.62. The van der Waals surface area contributed by atoms with E-state index in [9.17, 15) is 5.11 Å². The lowest BCUT2D eigenvalue weighted by Crippen LogP contribution is -2.45. The predicted octanol–water partition coefficient (Wildman–Crippen LogP) is 2.47. The molecule has 2 aliphatic rings. The van der Waals surface area contributed by atoms with Crippen molar-refractivity contribution in [3.8, 4) is 5.75 Å². The highest BCUT2D eigenvalue weighted by Crippen LogP contribution is 2.48. The Morgan fingerprint density at radius 2 is 2.13 bits per heavy atom. The van der Waals surface area contributed by atoms with Crippen LogP contribution in [-0.4, -0.2) is 16.8 Å². The summed E-state index contributed by atoms with van der Waals surface area (Å²) in [7, 11) is 0. The number of ether oxygens (including phenoxy) is 1. The van der Waals surface area contributed by atoms with Gasteiger partial charge in [0.2, 0.25) is 0 Å². The Balaban J connectivity index is 2.06. The fourth-order valence-electron chi connectivity index (χ4n) is 3.09. The van der Waals surface area contributed by atoms with Gasteiger partial charge in [0.15, 0.2) is 0 Å². The largest absolute Gasteiger partial charge is 0.487 e. The second kappa shape index (κ2) is 2.99. The lowest BCUT2D eigenvalue weighted by Gasteiger charge is -2.45. The van der Waals surface area contributed by atoms with Crippen LogP contribution in [0.2, 0.25) is 0 Å². The Kier molecular flexibility index (Phi) is 1.84. The molecule has 1 heterocycles. The Bertz CT molecular complexity index is 388. The summed E-state index contributed by atoms with van der Waals surface area (Å²) < 4.78 is 6.00. The maximum Gasteiger partial charge on any atom is 0.123 e. The van der Waals surface area contributed by atoms with Crippen LogP contribution in [-0.2, 0) is 0 Å². The fourth-order valence-corrected chi connectivity index (χ4v) is 3.09. The molecule has 1 fully saturated rings. The topological polar surface area (TPSA) is 29.5 Å². The third-order valence-corrected chi connectivity index (χ3v) is 3.62. The average Bonchev–Trinajstić information content (AvgIpc) is 2.15. The van der Waals surface area contributed by atoms with Crippen molar-refractivity contribution < 1.29 is 9.84 Å². The first-order valence-electron chi connectivity index (χ1n) is 5.62. The van der Waals surface area contributed by atoms with Gasteiger partial charge in [0, 0.05) is 6.42 Å². The fraction of sp³-hybridized carbons (Fsp3) is 0.538. The molecule has 1 aliphatic carbocycles. The normalized spacial score (nSPS) is 38.0. The zero-order valence-corrected chi connectivity index (χ0v) is 8.94. The third kappa shape index (κ3) is 1.44. The summed E-state index contributed by atoms with van der Waals surface area (Å²) >= 11 is 0. The molecule has 1 saturated carbocycles. The smallest absolute Gasteiger partial charge is 0.123 e. The van der Waals surface area contributed by atoms with E-state index >= 15 is 0 Å². The molecular formula is C13H16O2. The van der Waals surface area contributed by atoms with E-state index in [1.54, 1.807) is 0 Å². The van der Waals surface area contributed by atoms with Crippen molar-refractivity contribution in [3.05, 3.63) is 29.8 Å². The Hall–Kier alpha value is -1.02. The van der Waals surface area contributed by atoms with Crippen molar-refractivity contribution in [1.29, 1.82) is 0 Å². The molecule has 15 heavy (non-hydrogen) atoms. The summed E-state index contributed by atoms with van der Waals surface area (Å²) in [5.41, 5.74) is 1.12. The second-order valence-electron chi connectivity index (χ2n) is 5.08. The van der Waals surface area contributed by atoms with Crippen LogP contribution in [0.4, 0.5) is 0 Å². The third-order valence-electron chi connectivity index (χ3n) is 3.62. The molecule has 0 radical (unpaired) electrons. The number of para-hydroxylation sites is 1. The molecule has 0 aromatic heterocycles. The number of benzene rings is 1. The summed E-state index contributed by atoms with van der Waals surface area (Å²) in [6.07, 6.45) is 2.48. The summed E-state index contributed by atoms with van der Waals surface area (Å²) in [6, 6.07) is 8.22. The van der Waals surface area contributed by atoms with E-state index in [1.165, 1.54) is 5.56 Å². The standard InChI is InChI=1S/C13H16O2/c1-13-7-9(6-10(14)8-13)11-4-2-3-5-12(11)15-13/h2-5,9-10,14H,6-8H2,1H3/t9-,10+,13-/m1/s1. The van der Waals surface area contributed by atoms with E-state index in [2.05, 4.69) is 13.0 Å². The maximum atomic E-state index is 9.83. The summed E-state index contributed by atoms with van der Waals surface area (Å²) in [5, 5.41) is 9.83. The van der Waals surface area contributed by atoms with Gasteiger partial charge >= 0.3 is 0 Å². The van der Waals surface area contributed by atoms with Gasteiger partial charge in [0.25, 0.3) is 0 Å². The first kappa shape index (κ1) is 9.22. The number of hydrogen-bond acceptors (Lipinski definition) is 2. The Morgan fingerprint density at radius 3 is 3.00 bits per heavy atom. The van der Waals surface area contributed by atoms with Gasteiger partial charge in [-0.25, -0.2) is 0 Å². The number of rotatable bonds is 0. The second-order valence-corrected chi connectivity index (χ2v) is 5.08. The van der Waals surface area contributed by atoms with Gasteiger partial charge in [-0.15, -0.1) is 0 Å². The molecule has 0 amide bonds. The monoisotopic (exact) mass is 204 g/mol. The molecule has 1 aromatic carbocycles. The summed E-state index contributed by atoms with van der Waals surface area (Å²) in [4.78, 5) is 0. The number of aliphatic hydroxyl groups is 1. The van der Waals surface area contributed by atoms with E-state index < -0.39 is 0 Å². The number of aliphatic hydroxyl groups excluding tert-OH is 1. The van der Waals surface area contributed by atoms with Crippen LogP contribution < -0.4 is 4.74 Å². The molecule has 2 bridgehead atoms. The SMILES string of the molecule is C[C@]12C[C@@H](O)C[C@H](C1)c1ccccc1O2. The Labute approximate surface area is 89.9 Å². The molecule has 1 aliphatic heterocycles. The molecule has 3 rings (SSSR count). The maximum absolute atomic E-state index is 9.83. The van der Waals surface area contributed by atoms with Crippen LogP contribution in [0.25, 0.3) is 0 Å². The van der Waals surface area contributed by atoms with Gasteiger partial charge in [-0.1, -0.05) is 18.2 Å². The molecule has 1 aromatic rings. The van der Waals surface area contributed by atoms with E-state index in [0.29, 0.717) is 5.92 Å². The summed E-state index contributed by atoms with van der Waals surface area (Å²) in [6.45, 7) is 2.11. The lowest BCUT2D eigenvalue weighted by atomic mass is 9.72. The highest BCUT2D eigenvalue weighted by Gasteiger charge is 2.43. The molecule has 0 saturated heterocycles. The molecule has 2 heteroatoms. The van der Waals surface area contributed by atoms with E-state index in [1.807, 2.05) is 18.2 Å². The molecule has 1 N–H and O–H groups in total. The average molecular weight is 204 g/mol. The van der Waals surface area contributed by atoms with E-state index in [-0.39, 0.29) is 11.7 Å². The zero-order chi connectivity index (χ0) is 10.5. The van der Waals surface area contributed by atoms with Gasteiger partial charge < -0.3 is 9.84 Å². The molecule has 0 unspecified atom stereocenters. The van der Waals surface area contributed by atoms with Crippen LogP contribution in [0.5, 0.6) is 5.75 Å². The van der Waals surface area contributed by atoms with Gasteiger partial charge in [-0.05, 0) is 37.3 Å². The first-order chi connectivity index (χ1) is 7.16. The van der Waals surface area contributed by atoms with Crippen molar-refractivity contribution in [1.82, 2.24) is 0 Å². The lowest BCUT2D eigenvalue weighted by molar-refractivity contribution is -0.0362. The van der Waals surface area contributed by atoms with Crippen LogP contribution in [0.1, 0.15) is 37.7 Å². The molecule has 80 valence electrons. The van der Waals surface area contributed by atoms with Crippen LogP contribution >= 0.6 is 0 Å². The minimum Gasteiger partial charge on any atom is -0.487 e. The van der Waals surface area contributed by atoms with Crippen molar-refractivity contribution >= 4 is 0 Å². The van der Waals surface area contributed by atoms with Gasteiger partial charge in [0.05, 0.1) is 6.10 Å². The molecular weight excluding hydrogens is 188 g/mol.